The second kappa shape index (κ2) is 4.29. The highest BCUT2D eigenvalue weighted by Crippen LogP contribution is 2.22. The molecular formula is C12H14BrN3. The molecule has 16 heavy (non-hydrogen) atoms. The third-order valence-corrected chi connectivity index (χ3v) is 3.05. The van der Waals surface area contributed by atoms with Gasteiger partial charge in [0.1, 0.15) is 5.82 Å². The van der Waals surface area contributed by atoms with E-state index in [0.717, 1.165) is 22.3 Å². The Balaban J connectivity index is 2.59. The number of hydrogen-bond donors (Lipinski definition) is 1. The molecule has 2 N–H and O–H groups in total. The number of nitrogens with zero attached hydrogens (tertiary/aromatic N) is 2. The van der Waals surface area contributed by atoms with Crippen LogP contribution in [0.1, 0.15) is 18.2 Å². The molecule has 0 fully saturated rings. The molecule has 84 valence electrons. The first-order valence-corrected chi connectivity index (χ1v) is 6.02. The van der Waals surface area contributed by atoms with Crippen molar-refractivity contribution < 1.29 is 0 Å². The zero-order valence-corrected chi connectivity index (χ0v) is 11.0. The maximum absolute atomic E-state index is 5.70. The highest BCUT2D eigenvalue weighted by atomic mass is 79.9. The summed E-state index contributed by atoms with van der Waals surface area (Å²) in [7, 11) is 0. The Hall–Kier alpha value is -1.29. The van der Waals surface area contributed by atoms with Gasteiger partial charge in [-0.3, -0.25) is 0 Å². The lowest BCUT2D eigenvalue weighted by Crippen LogP contribution is -2.03. The smallest absolute Gasteiger partial charge is 0.146 e. The monoisotopic (exact) mass is 279 g/mol. The van der Waals surface area contributed by atoms with Crippen LogP contribution in [-0.2, 0) is 6.42 Å². The first-order chi connectivity index (χ1) is 7.61. The van der Waals surface area contributed by atoms with Crippen LogP contribution >= 0.6 is 15.9 Å². The highest BCUT2D eigenvalue weighted by molar-refractivity contribution is 9.10. The van der Waals surface area contributed by atoms with Crippen LogP contribution in [0.3, 0.4) is 0 Å². The zero-order chi connectivity index (χ0) is 11.7. The van der Waals surface area contributed by atoms with Crippen molar-refractivity contribution in [1.82, 2.24) is 9.78 Å². The van der Waals surface area contributed by atoms with Crippen LogP contribution in [0.5, 0.6) is 0 Å². The summed E-state index contributed by atoms with van der Waals surface area (Å²) in [5, 5.41) is 4.30. The molecule has 0 amide bonds. The number of nitrogens with two attached hydrogens (primary N) is 1. The molecule has 1 aromatic heterocycles. The topological polar surface area (TPSA) is 43.8 Å². The van der Waals surface area contributed by atoms with Crippen LogP contribution in [0, 0.1) is 6.92 Å². The summed E-state index contributed by atoms with van der Waals surface area (Å²) >= 11 is 3.48. The van der Waals surface area contributed by atoms with Crippen LogP contribution in [0.4, 0.5) is 5.82 Å². The van der Waals surface area contributed by atoms with E-state index in [1.54, 1.807) is 0 Å². The molecule has 0 unspecified atom stereocenters. The van der Waals surface area contributed by atoms with Gasteiger partial charge in [-0.2, -0.15) is 5.10 Å². The molecular weight excluding hydrogens is 266 g/mol. The second-order valence-corrected chi connectivity index (χ2v) is 4.66. The maximum Gasteiger partial charge on any atom is 0.146 e. The Morgan fingerprint density at radius 1 is 1.38 bits per heavy atom. The Morgan fingerprint density at radius 3 is 2.69 bits per heavy atom. The van der Waals surface area contributed by atoms with Crippen LogP contribution in [0.2, 0.25) is 0 Å². The molecule has 0 aliphatic carbocycles. The van der Waals surface area contributed by atoms with E-state index in [4.69, 9.17) is 5.73 Å². The third-order valence-electron chi connectivity index (χ3n) is 2.56. The Bertz CT molecular complexity index is 517. The number of nitrogen functional groups attached to an aromatic ring is 1. The molecule has 0 aliphatic heterocycles. The molecule has 0 saturated carbocycles. The van der Waals surface area contributed by atoms with E-state index in [9.17, 15) is 0 Å². The molecule has 0 spiro atoms. The number of aryl methyl sites for hydroxylation is 2. The van der Waals surface area contributed by atoms with Crippen LogP contribution < -0.4 is 5.73 Å². The normalized spacial score (nSPS) is 10.7. The number of aromatic nitrogens is 2. The summed E-state index contributed by atoms with van der Waals surface area (Å²) in [6.45, 7) is 4.14. The SMILES string of the molecule is CCc1cc(Br)ccc1-n1nc(N)cc1C. The van der Waals surface area contributed by atoms with E-state index in [1.807, 2.05) is 23.7 Å². The largest absolute Gasteiger partial charge is 0.382 e. The molecule has 2 aromatic rings. The van der Waals surface area contributed by atoms with Crippen LogP contribution in [0.25, 0.3) is 5.69 Å². The lowest BCUT2D eigenvalue weighted by Gasteiger charge is -2.10. The molecule has 1 aromatic carbocycles. The van der Waals surface area contributed by atoms with E-state index >= 15 is 0 Å². The Labute approximate surface area is 103 Å². The molecule has 0 atom stereocenters. The molecule has 0 bridgehead atoms. The van der Waals surface area contributed by atoms with Gasteiger partial charge < -0.3 is 5.73 Å². The van der Waals surface area contributed by atoms with Crippen molar-refractivity contribution >= 4 is 21.7 Å². The lowest BCUT2D eigenvalue weighted by atomic mass is 10.1. The minimum atomic E-state index is 0.558. The van der Waals surface area contributed by atoms with Gasteiger partial charge in [0.05, 0.1) is 5.69 Å². The van der Waals surface area contributed by atoms with Crippen molar-refractivity contribution in [2.75, 3.05) is 5.73 Å². The summed E-state index contributed by atoms with van der Waals surface area (Å²) in [5.41, 5.74) is 9.10. The van der Waals surface area contributed by atoms with Crippen molar-refractivity contribution in [2.24, 2.45) is 0 Å². The molecule has 4 heteroatoms. The van der Waals surface area contributed by atoms with Crippen molar-refractivity contribution in [3.63, 3.8) is 0 Å². The maximum atomic E-state index is 5.70. The molecule has 2 rings (SSSR count). The van der Waals surface area contributed by atoms with E-state index in [1.165, 1.54) is 5.56 Å². The number of benzene rings is 1. The number of hydrogen-bond acceptors (Lipinski definition) is 2. The summed E-state index contributed by atoms with van der Waals surface area (Å²) in [5.74, 6) is 0.558. The summed E-state index contributed by atoms with van der Waals surface area (Å²) in [6, 6.07) is 8.07. The Kier molecular flexibility index (Phi) is 3.01. The second-order valence-electron chi connectivity index (χ2n) is 3.75. The third kappa shape index (κ3) is 1.97. The molecule has 0 radical (unpaired) electrons. The lowest BCUT2D eigenvalue weighted by molar-refractivity contribution is 0.836. The quantitative estimate of drug-likeness (QED) is 0.918. The van der Waals surface area contributed by atoms with Gasteiger partial charge in [0, 0.05) is 16.2 Å². The summed E-state index contributed by atoms with van der Waals surface area (Å²) < 4.78 is 2.98. The fraction of sp³-hybridized carbons (Fsp3) is 0.250. The minimum absolute atomic E-state index is 0.558. The van der Waals surface area contributed by atoms with Crippen molar-refractivity contribution in [3.05, 3.63) is 40.0 Å². The fourth-order valence-electron chi connectivity index (χ4n) is 1.79. The van der Waals surface area contributed by atoms with E-state index in [-0.39, 0.29) is 0 Å². The van der Waals surface area contributed by atoms with Gasteiger partial charge in [-0.1, -0.05) is 22.9 Å². The first kappa shape index (κ1) is 11.2. The van der Waals surface area contributed by atoms with Gasteiger partial charge in [0.2, 0.25) is 0 Å². The number of halogens is 1. The van der Waals surface area contributed by atoms with E-state index in [0.29, 0.717) is 5.82 Å². The average Bonchev–Trinajstić information content (AvgIpc) is 2.57. The highest BCUT2D eigenvalue weighted by Gasteiger charge is 2.08. The van der Waals surface area contributed by atoms with E-state index in [2.05, 4.69) is 40.1 Å². The molecule has 1 heterocycles. The summed E-state index contributed by atoms with van der Waals surface area (Å²) in [6.07, 6.45) is 0.966. The summed E-state index contributed by atoms with van der Waals surface area (Å²) in [4.78, 5) is 0. The van der Waals surface area contributed by atoms with Crippen LogP contribution in [-0.4, -0.2) is 9.78 Å². The molecule has 0 saturated heterocycles. The van der Waals surface area contributed by atoms with E-state index < -0.39 is 0 Å². The number of anilines is 1. The van der Waals surface area contributed by atoms with Gasteiger partial charge in [-0.15, -0.1) is 0 Å². The fourth-order valence-corrected chi connectivity index (χ4v) is 2.19. The Morgan fingerprint density at radius 2 is 2.12 bits per heavy atom. The predicted molar refractivity (Wildman–Crippen MR) is 69.8 cm³/mol. The minimum Gasteiger partial charge on any atom is -0.382 e. The van der Waals surface area contributed by atoms with Gasteiger partial charge >= 0.3 is 0 Å². The predicted octanol–water partition coefficient (Wildman–Crippen LogP) is 3.09. The van der Waals surface area contributed by atoms with Gasteiger partial charge in [-0.25, -0.2) is 4.68 Å². The average molecular weight is 280 g/mol. The standard InChI is InChI=1S/C12H14BrN3/c1-3-9-7-10(13)4-5-11(9)16-8(2)6-12(14)15-16/h4-7H,3H2,1-2H3,(H2,14,15). The van der Waals surface area contributed by atoms with Crippen molar-refractivity contribution in [2.45, 2.75) is 20.3 Å². The number of rotatable bonds is 2. The van der Waals surface area contributed by atoms with Gasteiger partial charge in [0.15, 0.2) is 0 Å². The first-order valence-electron chi connectivity index (χ1n) is 5.22. The molecule has 0 aliphatic rings. The zero-order valence-electron chi connectivity index (χ0n) is 9.37. The van der Waals surface area contributed by atoms with Crippen molar-refractivity contribution in [1.29, 1.82) is 0 Å². The van der Waals surface area contributed by atoms with Gasteiger partial charge in [0.25, 0.3) is 0 Å². The van der Waals surface area contributed by atoms with Crippen LogP contribution in [0.15, 0.2) is 28.7 Å². The molecule has 3 nitrogen and oxygen atoms in total. The van der Waals surface area contributed by atoms with Gasteiger partial charge in [-0.05, 0) is 37.1 Å². The van der Waals surface area contributed by atoms with Crippen molar-refractivity contribution in [3.8, 4) is 5.69 Å².